The molecule has 0 aliphatic carbocycles. The zero-order valence-electron chi connectivity index (χ0n) is 10.6. The lowest BCUT2D eigenvalue weighted by Crippen LogP contribution is -2.46. The van der Waals surface area contributed by atoms with Gasteiger partial charge in [-0.15, -0.1) is 0 Å². The van der Waals surface area contributed by atoms with Gasteiger partial charge in [-0.25, -0.2) is 0 Å². The summed E-state index contributed by atoms with van der Waals surface area (Å²) in [5, 5.41) is 19.2. The Labute approximate surface area is 112 Å². The maximum atomic E-state index is 10.1. The molecule has 0 spiro atoms. The van der Waals surface area contributed by atoms with Gasteiger partial charge in [0.05, 0.1) is 6.54 Å². The normalized spacial score (nSPS) is 13.1. The van der Waals surface area contributed by atoms with Gasteiger partial charge in [-0.05, 0) is 32.9 Å². The molecule has 1 atom stereocenters. The fourth-order valence-corrected chi connectivity index (χ4v) is 0.793. The van der Waals surface area contributed by atoms with E-state index >= 15 is 0 Å². The average Bonchev–Trinajstić information content (AvgIpc) is 2.29. The van der Waals surface area contributed by atoms with Crippen molar-refractivity contribution in [2.24, 2.45) is 11.5 Å². The van der Waals surface area contributed by atoms with Crippen LogP contribution in [0, 0.1) is 0 Å². The number of carboxylic acids is 2. The minimum Gasteiger partial charge on any atom is -0.480 e. The molecule has 0 bridgehead atoms. The predicted molar refractivity (Wildman–Crippen MR) is 72.9 cm³/mol. The molecule has 0 aliphatic rings. The quantitative estimate of drug-likeness (QED) is 0.251. The van der Waals surface area contributed by atoms with E-state index in [2.05, 4.69) is 17.9 Å². The first kappa shape index (κ1) is 19.5. The fraction of sp³-hybridized carbons (Fsp3) is 0.800. The van der Waals surface area contributed by atoms with Gasteiger partial charge in [-0.1, -0.05) is 0 Å². The van der Waals surface area contributed by atoms with Crippen LogP contribution in [0.1, 0.15) is 19.8 Å². The van der Waals surface area contributed by atoms with Crippen molar-refractivity contribution in [3.63, 3.8) is 0 Å². The van der Waals surface area contributed by atoms with Crippen molar-refractivity contribution in [1.82, 2.24) is 5.32 Å². The summed E-state index contributed by atoms with van der Waals surface area (Å²) in [5.41, 5.74) is 9.23. The number of aliphatic carboxylic acids is 2. The number of nitrogens with one attached hydrogen (secondary N) is 1. The number of hydrogen-bond acceptors (Lipinski definition) is 6. The zero-order valence-corrected chi connectivity index (χ0v) is 11.4. The van der Waals surface area contributed by atoms with Crippen molar-refractivity contribution >= 4 is 24.6 Å². The number of nitrogens with two attached hydrogens (primary N) is 2. The Morgan fingerprint density at radius 2 is 1.89 bits per heavy atom. The molecule has 0 aromatic carbocycles. The molecule has 0 heterocycles. The summed E-state index contributed by atoms with van der Waals surface area (Å²) in [5.74, 6) is -1.68. The van der Waals surface area contributed by atoms with E-state index in [9.17, 15) is 9.59 Å². The first-order valence-electron chi connectivity index (χ1n) is 5.53. The second-order valence-electron chi connectivity index (χ2n) is 3.95. The maximum absolute atomic E-state index is 10.1. The van der Waals surface area contributed by atoms with Crippen LogP contribution in [-0.2, 0) is 9.59 Å². The second-order valence-corrected chi connectivity index (χ2v) is 4.26. The van der Waals surface area contributed by atoms with Gasteiger partial charge in [0.1, 0.15) is 5.54 Å². The second kappa shape index (κ2) is 11.3. The maximum Gasteiger partial charge on any atom is 0.324 e. The molecule has 0 rings (SSSR count). The van der Waals surface area contributed by atoms with E-state index in [4.69, 9.17) is 21.7 Å². The van der Waals surface area contributed by atoms with Crippen molar-refractivity contribution < 1.29 is 19.8 Å². The SMILES string of the molecule is C[C@](N)(CS)C(=O)O.NCCCCNCC(=O)O. The summed E-state index contributed by atoms with van der Waals surface area (Å²) in [6, 6.07) is 0. The van der Waals surface area contributed by atoms with E-state index in [0.717, 1.165) is 19.4 Å². The first-order valence-corrected chi connectivity index (χ1v) is 6.17. The molecule has 7 nitrogen and oxygen atoms in total. The lowest BCUT2D eigenvalue weighted by atomic mass is 10.1. The summed E-state index contributed by atoms with van der Waals surface area (Å²) >= 11 is 3.73. The first-order chi connectivity index (χ1) is 8.27. The Morgan fingerprint density at radius 3 is 2.17 bits per heavy atom. The molecule has 8 heteroatoms. The number of unbranched alkanes of at least 4 members (excludes halogenated alkanes) is 1. The summed E-state index contributed by atoms with van der Waals surface area (Å²) in [6.07, 6.45) is 1.90. The highest BCUT2D eigenvalue weighted by Crippen LogP contribution is 1.99. The van der Waals surface area contributed by atoms with Crippen molar-refractivity contribution in [2.45, 2.75) is 25.3 Å². The smallest absolute Gasteiger partial charge is 0.324 e. The van der Waals surface area contributed by atoms with Gasteiger partial charge in [-0.2, -0.15) is 12.6 Å². The number of carboxylic acid groups (broad SMARTS) is 2. The van der Waals surface area contributed by atoms with Crippen LogP contribution in [0.5, 0.6) is 0 Å². The molecule has 0 unspecified atom stereocenters. The predicted octanol–water partition coefficient (Wildman–Crippen LogP) is -0.882. The van der Waals surface area contributed by atoms with Crippen molar-refractivity contribution in [3.05, 3.63) is 0 Å². The molecule has 0 fully saturated rings. The Morgan fingerprint density at radius 1 is 1.33 bits per heavy atom. The van der Waals surface area contributed by atoms with Gasteiger partial charge < -0.3 is 27.0 Å². The van der Waals surface area contributed by atoms with E-state index in [0.29, 0.717) is 6.54 Å². The van der Waals surface area contributed by atoms with Crippen LogP contribution in [-0.4, -0.2) is 53.1 Å². The lowest BCUT2D eigenvalue weighted by molar-refractivity contribution is -0.141. The topological polar surface area (TPSA) is 139 Å². The Balaban J connectivity index is 0. The van der Waals surface area contributed by atoms with Crippen molar-refractivity contribution in [2.75, 3.05) is 25.4 Å². The zero-order chi connectivity index (χ0) is 14.6. The number of hydrogen-bond donors (Lipinski definition) is 6. The van der Waals surface area contributed by atoms with Crippen LogP contribution < -0.4 is 16.8 Å². The van der Waals surface area contributed by atoms with Crippen LogP contribution >= 0.6 is 12.6 Å². The molecule has 0 aromatic rings. The molecular formula is C10H23N3O4S. The van der Waals surface area contributed by atoms with E-state index in [-0.39, 0.29) is 12.3 Å². The third-order valence-corrected chi connectivity index (χ3v) is 2.56. The number of carbonyl (C=O) groups is 2. The average molecular weight is 281 g/mol. The summed E-state index contributed by atoms with van der Waals surface area (Å²) in [7, 11) is 0. The van der Waals surface area contributed by atoms with Crippen LogP contribution in [0.2, 0.25) is 0 Å². The van der Waals surface area contributed by atoms with Gasteiger partial charge in [0.15, 0.2) is 0 Å². The minimum absolute atomic E-state index is 0.0462. The molecule has 0 saturated heterocycles. The molecule has 18 heavy (non-hydrogen) atoms. The molecule has 0 radical (unpaired) electrons. The molecule has 0 amide bonds. The van der Waals surface area contributed by atoms with Gasteiger partial charge in [-0.3, -0.25) is 9.59 Å². The van der Waals surface area contributed by atoms with Crippen molar-refractivity contribution in [3.8, 4) is 0 Å². The van der Waals surface area contributed by atoms with Gasteiger partial charge in [0, 0.05) is 5.75 Å². The number of rotatable bonds is 8. The fourth-order valence-electron chi connectivity index (χ4n) is 0.657. The third-order valence-electron chi connectivity index (χ3n) is 1.90. The highest BCUT2D eigenvalue weighted by molar-refractivity contribution is 7.80. The highest BCUT2D eigenvalue weighted by atomic mass is 32.1. The highest BCUT2D eigenvalue weighted by Gasteiger charge is 2.25. The van der Waals surface area contributed by atoms with Crippen LogP contribution in [0.15, 0.2) is 0 Å². The van der Waals surface area contributed by atoms with Gasteiger partial charge in [0.2, 0.25) is 0 Å². The third kappa shape index (κ3) is 13.2. The van der Waals surface area contributed by atoms with Gasteiger partial charge >= 0.3 is 11.9 Å². The molecule has 0 aliphatic heterocycles. The van der Waals surface area contributed by atoms with Gasteiger partial charge in [0.25, 0.3) is 0 Å². The Bertz CT molecular complexity index is 249. The summed E-state index contributed by atoms with van der Waals surface area (Å²) < 4.78 is 0. The Hall–Kier alpha value is -0.830. The van der Waals surface area contributed by atoms with Crippen molar-refractivity contribution in [1.29, 1.82) is 0 Å². The molecule has 0 aromatic heterocycles. The molecule has 7 N–H and O–H groups in total. The van der Waals surface area contributed by atoms with E-state index in [1.54, 1.807) is 0 Å². The molecular weight excluding hydrogens is 258 g/mol. The van der Waals surface area contributed by atoms with Crippen LogP contribution in [0.3, 0.4) is 0 Å². The lowest BCUT2D eigenvalue weighted by Gasteiger charge is -2.14. The summed E-state index contributed by atoms with van der Waals surface area (Å²) in [6.45, 7) is 2.88. The van der Waals surface area contributed by atoms with Crippen LogP contribution in [0.4, 0.5) is 0 Å². The van der Waals surface area contributed by atoms with Crippen LogP contribution in [0.25, 0.3) is 0 Å². The standard InChI is InChI=1S/C6H14N2O2.C4H9NO2S/c7-3-1-2-4-8-5-6(9)10;1-4(5,2-8)3(6)7/h8H,1-5,7H2,(H,9,10);8H,2,5H2,1H3,(H,6,7)/t;4-/m.0/s1. The van der Waals surface area contributed by atoms with E-state index in [1.165, 1.54) is 6.92 Å². The summed E-state index contributed by atoms with van der Waals surface area (Å²) in [4.78, 5) is 20.0. The Kier molecular flexibility index (Phi) is 12.2. The largest absolute Gasteiger partial charge is 0.480 e. The number of thiol groups is 1. The molecule has 0 saturated carbocycles. The molecule has 108 valence electrons. The van der Waals surface area contributed by atoms with E-state index in [1.807, 2.05) is 0 Å². The minimum atomic E-state index is -1.18. The van der Waals surface area contributed by atoms with E-state index < -0.39 is 17.5 Å². The monoisotopic (exact) mass is 281 g/mol.